The first-order valence-electron chi connectivity index (χ1n) is 6.67. The smallest absolute Gasteiger partial charge is 0.253 e. The maximum Gasteiger partial charge on any atom is 0.253 e. The first kappa shape index (κ1) is 14.1. The number of anilines is 1. The van der Waals surface area contributed by atoms with E-state index < -0.39 is 0 Å². The van der Waals surface area contributed by atoms with Crippen LogP contribution in [0.15, 0.2) is 12.3 Å². The van der Waals surface area contributed by atoms with Crippen LogP contribution in [-0.4, -0.2) is 16.9 Å². The average Bonchev–Trinajstić information content (AvgIpc) is 2.31. The molecule has 1 amide bonds. The van der Waals surface area contributed by atoms with Gasteiger partial charge in [0.15, 0.2) is 0 Å². The molecule has 0 aromatic carbocycles. The number of nitrogens with zero attached hydrogens (tertiary/aromatic N) is 1. The molecule has 1 aliphatic carbocycles. The van der Waals surface area contributed by atoms with Gasteiger partial charge >= 0.3 is 0 Å². The number of aromatic nitrogens is 1. The molecule has 0 saturated heterocycles. The van der Waals surface area contributed by atoms with Crippen LogP contribution >= 0.6 is 11.6 Å². The fraction of sp³-hybridized carbons (Fsp3) is 0.571. The van der Waals surface area contributed by atoms with E-state index in [0.29, 0.717) is 22.4 Å². The first-order valence-corrected chi connectivity index (χ1v) is 7.05. The summed E-state index contributed by atoms with van der Waals surface area (Å²) in [6, 6.07) is 1.80. The highest BCUT2D eigenvalue weighted by molar-refractivity contribution is 6.33. The predicted molar refractivity (Wildman–Crippen MR) is 77.1 cm³/mol. The molecule has 5 heteroatoms. The van der Waals surface area contributed by atoms with Crippen molar-refractivity contribution in [2.75, 3.05) is 5.73 Å². The number of pyridine rings is 1. The van der Waals surface area contributed by atoms with Gasteiger partial charge in [0.25, 0.3) is 5.91 Å². The second kappa shape index (κ2) is 5.78. The average molecular weight is 282 g/mol. The molecule has 2 unspecified atom stereocenters. The Bertz CT molecular complexity index is 468. The van der Waals surface area contributed by atoms with Crippen LogP contribution < -0.4 is 11.1 Å². The third kappa shape index (κ3) is 3.60. The largest absolute Gasteiger partial charge is 0.382 e. The highest BCUT2D eigenvalue weighted by Gasteiger charge is 2.25. The van der Waals surface area contributed by atoms with Crippen LogP contribution in [0.3, 0.4) is 0 Å². The highest BCUT2D eigenvalue weighted by Crippen LogP contribution is 2.28. The standard InChI is InChI=1S/C14H20ClN3O/c1-8-3-9(2)5-11(4-8)18-14(19)10-6-12(15)13(16)17-7-10/h6-9,11H,3-5H2,1-2H3,(H2,16,17)(H,18,19). The normalized spacial score (nSPS) is 27.0. The highest BCUT2D eigenvalue weighted by atomic mass is 35.5. The van der Waals surface area contributed by atoms with Crippen LogP contribution in [0.2, 0.25) is 5.02 Å². The quantitative estimate of drug-likeness (QED) is 0.876. The zero-order chi connectivity index (χ0) is 14.0. The van der Waals surface area contributed by atoms with Gasteiger partial charge in [-0.1, -0.05) is 25.4 Å². The summed E-state index contributed by atoms with van der Waals surface area (Å²) in [6.07, 6.45) is 4.77. The zero-order valence-corrected chi connectivity index (χ0v) is 12.1. The molecule has 1 aromatic heterocycles. The Hall–Kier alpha value is -1.29. The SMILES string of the molecule is CC1CC(C)CC(NC(=O)c2cnc(N)c(Cl)c2)C1. The summed E-state index contributed by atoms with van der Waals surface area (Å²) in [7, 11) is 0. The van der Waals surface area contributed by atoms with Gasteiger partial charge in [-0.3, -0.25) is 4.79 Å². The summed E-state index contributed by atoms with van der Waals surface area (Å²) < 4.78 is 0. The molecule has 1 fully saturated rings. The van der Waals surface area contributed by atoms with E-state index in [9.17, 15) is 4.79 Å². The Morgan fingerprint density at radius 2 is 2.00 bits per heavy atom. The van der Waals surface area contributed by atoms with E-state index >= 15 is 0 Å². The van der Waals surface area contributed by atoms with Gasteiger partial charge in [0.1, 0.15) is 5.82 Å². The lowest BCUT2D eigenvalue weighted by Crippen LogP contribution is -2.40. The molecule has 1 aromatic rings. The molecule has 0 bridgehead atoms. The number of nitrogens with one attached hydrogen (secondary N) is 1. The molecule has 4 nitrogen and oxygen atoms in total. The molecule has 2 atom stereocenters. The zero-order valence-electron chi connectivity index (χ0n) is 11.3. The predicted octanol–water partition coefficient (Wildman–Crippen LogP) is 2.87. The van der Waals surface area contributed by atoms with Gasteiger partial charge in [-0.25, -0.2) is 4.98 Å². The molecule has 0 spiro atoms. The van der Waals surface area contributed by atoms with E-state index in [0.717, 1.165) is 12.8 Å². The topological polar surface area (TPSA) is 68.0 Å². The van der Waals surface area contributed by atoms with Crippen LogP contribution in [0, 0.1) is 11.8 Å². The molecule has 104 valence electrons. The van der Waals surface area contributed by atoms with Gasteiger partial charge in [-0.15, -0.1) is 0 Å². The second-order valence-corrected chi connectivity index (χ2v) is 6.09. The summed E-state index contributed by atoms with van der Waals surface area (Å²) in [5.41, 5.74) is 6.00. The lowest BCUT2D eigenvalue weighted by molar-refractivity contribution is 0.0911. The molecule has 2 rings (SSSR count). The minimum Gasteiger partial charge on any atom is -0.382 e. The van der Waals surface area contributed by atoms with Gasteiger partial charge < -0.3 is 11.1 Å². The van der Waals surface area contributed by atoms with Crippen molar-refractivity contribution >= 4 is 23.3 Å². The second-order valence-electron chi connectivity index (χ2n) is 5.68. The summed E-state index contributed by atoms with van der Waals surface area (Å²) in [5, 5.41) is 3.38. The molecule has 1 saturated carbocycles. The third-order valence-electron chi connectivity index (χ3n) is 3.65. The van der Waals surface area contributed by atoms with Crippen molar-refractivity contribution in [1.82, 2.24) is 10.3 Å². The summed E-state index contributed by atoms with van der Waals surface area (Å²) in [5.74, 6) is 1.43. The van der Waals surface area contributed by atoms with Crippen molar-refractivity contribution in [3.05, 3.63) is 22.8 Å². The van der Waals surface area contributed by atoms with Crippen molar-refractivity contribution < 1.29 is 4.79 Å². The van der Waals surface area contributed by atoms with E-state index in [1.54, 1.807) is 6.07 Å². The van der Waals surface area contributed by atoms with Crippen molar-refractivity contribution in [3.63, 3.8) is 0 Å². The van der Waals surface area contributed by atoms with E-state index in [-0.39, 0.29) is 17.8 Å². The minimum absolute atomic E-state index is 0.124. The molecular formula is C14H20ClN3O. The van der Waals surface area contributed by atoms with Gasteiger partial charge in [0.2, 0.25) is 0 Å². The van der Waals surface area contributed by atoms with Crippen LogP contribution in [0.1, 0.15) is 43.5 Å². The number of hydrogen-bond donors (Lipinski definition) is 2. The van der Waals surface area contributed by atoms with Crippen LogP contribution in [-0.2, 0) is 0 Å². The molecule has 19 heavy (non-hydrogen) atoms. The van der Waals surface area contributed by atoms with Crippen molar-refractivity contribution in [2.45, 2.75) is 39.2 Å². The molecule has 0 aliphatic heterocycles. The fourth-order valence-electron chi connectivity index (χ4n) is 2.91. The Balaban J connectivity index is 2.02. The van der Waals surface area contributed by atoms with E-state index in [2.05, 4.69) is 24.1 Å². The molecule has 3 N–H and O–H groups in total. The molecule has 1 heterocycles. The number of nitrogen functional groups attached to an aromatic ring is 1. The van der Waals surface area contributed by atoms with Crippen molar-refractivity contribution in [1.29, 1.82) is 0 Å². The Labute approximate surface area is 118 Å². The number of nitrogens with two attached hydrogens (primary N) is 1. The van der Waals surface area contributed by atoms with Crippen LogP contribution in [0.25, 0.3) is 0 Å². The van der Waals surface area contributed by atoms with Gasteiger partial charge in [-0.05, 0) is 37.2 Å². The lowest BCUT2D eigenvalue weighted by Gasteiger charge is -2.31. The maximum atomic E-state index is 12.1. The minimum atomic E-state index is -0.124. The van der Waals surface area contributed by atoms with E-state index in [1.807, 2.05) is 0 Å². The number of halogens is 1. The van der Waals surface area contributed by atoms with Gasteiger partial charge in [-0.2, -0.15) is 0 Å². The molecule has 1 aliphatic rings. The Morgan fingerprint density at radius 3 is 2.58 bits per heavy atom. The monoisotopic (exact) mass is 281 g/mol. The van der Waals surface area contributed by atoms with Crippen molar-refractivity contribution in [3.8, 4) is 0 Å². The number of carbonyl (C=O) groups is 1. The van der Waals surface area contributed by atoms with Crippen LogP contribution in [0.5, 0.6) is 0 Å². The summed E-state index contributed by atoms with van der Waals surface area (Å²) in [4.78, 5) is 16.0. The fourth-order valence-corrected chi connectivity index (χ4v) is 3.07. The lowest BCUT2D eigenvalue weighted by atomic mass is 9.80. The number of amides is 1. The first-order chi connectivity index (χ1) is 8.95. The Morgan fingerprint density at radius 1 is 1.37 bits per heavy atom. The van der Waals surface area contributed by atoms with E-state index in [4.69, 9.17) is 17.3 Å². The summed E-state index contributed by atoms with van der Waals surface area (Å²) >= 11 is 5.88. The number of carbonyl (C=O) groups excluding carboxylic acids is 1. The Kier molecular flexibility index (Phi) is 4.30. The van der Waals surface area contributed by atoms with E-state index in [1.165, 1.54) is 12.6 Å². The van der Waals surface area contributed by atoms with Gasteiger partial charge in [0, 0.05) is 12.2 Å². The maximum absolute atomic E-state index is 12.1. The number of hydrogen-bond acceptors (Lipinski definition) is 3. The van der Waals surface area contributed by atoms with Crippen molar-refractivity contribution in [2.24, 2.45) is 11.8 Å². The summed E-state index contributed by atoms with van der Waals surface area (Å²) in [6.45, 7) is 4.47. The number of rotatable bonds is 2. The van der Waals surface area contributed by atoms with Crippen LogP contribution in [0.4, 0.5) is 5.82 Å². The van der Waals surface area contributed by atoms with Gasteiger partial charge in [0.05, 0.1) is 10.6 Å². The third-order valence-corrected chi connectivity index (χ3v) is 3.95. The molecular weight excluding hydrogens is 262 g/mol. The molecule has 0 radical (unpaired) electrons.